The van der Waals surface area contributed by atoms with Gasteiger partial charge in [0, 0.05) is 11.6 Å². The second-order valence-electron chi connectivity index (χ2n) is 6.26. The molecular formula is C20H22F2N4O. The van der Waals surface area contributed by atoms with Crippen molar-refractivity contribution in [3.05, 3.63) is 66.6 Å². The van der Waals surface area contributed by atoms with E-state index < -0.39 is 11.6 Å². The number of aliphatic hydroxyl groups excluding tert-OH is 1. The van der Waals surface area contributed by atoms with E-state index in [1.54, 1.807) is 13.0 Å². The van der Waals surface area contributed by atoms with Gasteiger partial charge in [-0.1, -0.05) is 13.2 Å². The number of nitrogens with zero attached hydrogens (tertiary/aromatic N) is 4. The molecule has 0 bridgehead atoms. The molecule has 27 heavy (non-hydrogen) atoms. The third kappa shape index (κ3) is 4.36. The largest absolute Gasteiger partial charge is 0.509 e. The van der Waals surface area contributed by atoms with Crippen molar-refractivity contribution in [3.8, 4) is 11.3 Å². The second kappa shape index (κ2) is 8.07. The van der Waals surface area contributed by atoms with Crippen LogP contribution < -0.4 is 0 Å². The minimum Gasteiger partial charge on any atom is -0.509 e. The van der Waals surface area contributed by atoms with Gasteiger partial charge >= 0.3 is 0 Å². The number of aryl methyl sites for hydroxylation is 2. The van der Waals surface area contributed by atoms with E-state index in [1.807, 2.05) is 25.3 Å². The van der Waals surface area contributed by atoms with E-state index in [0.717, 1.165) is 12.0 Å². The number of allylic oxidation sites excluding steroid dienone is 1. The van der Waals surface area contributed by atoms with Crippen molar-refractivity contribution >= 4 is 11.0 Å². The third-order valence-corrected chi connectivity index (χ3v) is 3.82. The van der Waals surface area contributed by atoms with Gasteiger partial charge in [0.05, 0.1) is 11.7 Å². The van der Waals surface area contributed by atoms with Gasteiger partial charge in [-0.05, 0) is 45.9 Å². The molecule has 0 aliphatic carbocycles. The van der Waals surface area contributed by atoms with Gasteiger partial charge in [0.2, 0.25) is 0 Å². The van der Waals surface area contributed by atoms with Gasteiger partial charge in [-0.2, -0.15) is 0 Å². The van der Waals surface area contributed by atoms with Crippen LogP contribution in [0.4, 0.5) is 8.78 Å². The van der Waals surface area contributed by atoms with E-state index in [-0.39, 0.29) is 17.5 Å². The molecule has 1 aromatic carbocycles. The van der Waals surface area contributed by atoms with Gasteiger partial charge in [-0.3, -0.25) is 0 Å². The Morgan fingerprint density at radius 3 is 2.37 bits per heavy atom. The van der Waals surface area contributed by atoms with Crippen molar-refractivity contribution in [2.75, 3.05) is 0 Å². The van der Waals surface area contributed by atoms with Gasteiger partial charge in [-0.25, -0.2) is 23.7 Å². The lowest BCUT2D eigenvalue weighted by Crippen LogP contribution is -2.03. The van der Waals surface area contributed by atoms with Gasteiger partial charge < -0.3 is 9.67 Å². The topological polar surface area (TPSA) is 63.8 Å². The van der Waals surface area contributed by atoms with Crippen molar-refractivity contribution in [1.82, 2.24) is 19.5 Å². The first kappa shape index (κ1) is 20.2. The molecule has 7 heteroatoms. The molecular weight excluding hydrogens is 350 g/mol. The SMILES string of the molecule is C=CC(=C)O.Cc1ncc(F)c(-c2cc(F)c3nc(C)n(C(C)C)c3c2)n1. The van der Waals surface area contributed by atoms with Gasteiger partial charge in [0.15, 0.2) is 11.6 Å². The summed E-state index contributed by atoms with van der Waals surface area (Å²) < 4.78 is 30.3. The highest BCUT2D eigenvalue weighted by atomic mass is 19.1. The van der Waals surface area contributed by atoms with Crippen LogP contribution in [-0.2, 0) is 0 Å². The van der Waals surface area contributed by atoms with Crippen LogP contribution >= 0.6 is 0 Å². The van der Waals surface area contributed by atoms with Crippen molar-refractivity contribution in [3.63, 3.8) is 0 Å². The number of aromatic nitrogens is 4. The Bertz CT molecular complexity index is 1010. The van der Waals surface area contributed by atoms with Crippen LogP contribution in [0.15, 0.2) is 43.3 Å². The van der Waals surface area contributed by atoms with Gasteiger partial charge in [0.1, 0.15) is 28.6 Å². The Hall–Kier alpha value is -3.09. The molecule has 2 heterocycles. The van der Waals surface area contributed by atoms with Crippen LogP contribution in [0.3, 0.4) is 0 Å². The van der Waals surface area contributed by atoms with E-state index in [0.29, 0.717) is 22.4 Å². The van der Waals surface area contributed by atoms with E-state index >= 15 is 0 Å². The summed E-state index contributed by atoms with van der Waals surface area (Å²) in [7, 11) is 0. The molecule has 2 aromatic heterocycles. The van der Waals surface area contributed by atoms with Crippen LogP contribution in [-0.4, -0.2) is 24.6 Å². The molecule has 142 valence electrons. The highest BCUT2D eigenvalue weighted by Crippen LogP contribution is 2.29. The summed E-state index contributed by atoms with van der Waals surface area (Å²) in [5.74, 6) is 0.123. The molecule has 0 aliphatic rings. The van der Waals surface area contributed by atoms with E-state index in [2.05, 4.69) is 28.1 Å². The Labute approximate surface area is 156 Å². The molecule has 0 saturated carbocycles. The monoisotopic (exact) mass is 372 g/mol. The number of hydrogen-bond acceptors (Lipinski definition) is 4. The van der Waals surface area contributed by atoms with Gasteiger partial charge in [-0.15, -0.1) is 0 Å². The first-order valence-corrected chi connectivity index (χ1v) is 8.33. The van der Waals surface area contributed by atoms with Crippen molar-refractivity contribution < 1.29 is 13.9 Å². The number of benzene rings is 1. The molecule has 0 atom stereocenters. The summed E-state index contributed by atoms with van der Waals surface area (Å²) in [6, 6.07) is 3.12. The highest BCUT2D eigenvalue weighted by Gasteiger charge is 2.17. The average Bonchev–Trinajstić information content (AvgIpc) is 2.94. The standard InChI is InChI=1S/C16H16F2N4.C4H6O/c1-8(2)22-10(4)21-16-12(17)5-11(6-14(16)22)15-13(18)7-19-9(3)20-15;1-3-4(2)5/h5-8H,1-4H3;3,5H,1-2H2. The molecule has 3 aromatic rings. The fraction of sp³-hybridized carbons (Fsp3) is 0.250. The third-order valence-electron chi connectivity index (χ3n) is 3.82. The molecule has 3 rings (SSSR count). The second-order valence-corrected chi connectivity index (χ2v) is 6.26. The smallest absolute Gasteiger partial charge is 0.167 e. The lowest BCUT2D eigenvalue weighted by atomic mass is 10.1. The minimum absolute atomic E-state index is 0.0185. The molecule has 0 spiro atoms. The predicted octanol–water partition coefficient (Wildman–Crippen LogP) is 5.21. The van der Waals surface area contributed by atoms with E-state index in [1.165, 1.54) is 12.1 Å². The summed E-state index contributed by atoms with van der Waals surface area (Å²) in [6.07, 6.45) is 2.38. The number of hydrogen-bond donors (Lipinski definition) is 1. The van der Waals surface area contributed by atoms with Crippen LogP contribution in [0, 0.1) is 25.5 Å². The highest BCUT2D eigenvalue weighted by molar-refractivity contribution is 5.82. The number of halogens is 2. The van der Waals surface area contributed by atoms with Crippen molar-refractivity contribution in [2.45, 2.75) is 33.7 Å². The molecule has 0 unspecified atom stereocenters. The number of rotatable bonds is 3. The zero-order valence-corrected chi connectivity index (χ0v) is 15.8. The summed E-state index contributed by atoms with van der Waals surface area (Å²) in [5, 5.41) is 8.05. The zero-order chi connectivity index (χ0) is 20.3. The maximum atomic E-state index is 14.4. The number of fused-ring (bicyclic) bond motifs is 1. The quantitative estimate of drug-likeness (QED) is 0.506. The lowest BCUT2D eigenvalue weighted by molar-refractivity contribution is 0.435. The first-order valence-electron chi connectivity index (χ1n) is 8.33. The summed E-state index contributed by atoms with van der Waals surface area (Å²) in [6.45, 7) is 13.8. The Kier molecular flexibility index (Phi) is 6.05. The Morgan fingerprint density at radius 1 is 1.19 bits per heavy atom. The van der Waals surface area contributed by atoms with Gasteiger partial charge in [0.25, 0.3) is 0 Å². The molecule has 0 amide bonds. The van der Waals surface area contributed by atoms with E-state index in [4.69, 9.17) is 5.11 Å². The Balaban J connectivity index is 0.000000465. The fourth-order valence-corrected chi connectivity index (χ4v) is 2.72. The molecule has 0 saturated heterocycles. The fourth-order valence-electron chi connectivity index (χ4n) is 2.72. The first-order chi connectivity index (χ1) is 12.6. The van der Waals surface area contributed by atoms with Crippen LogP contribution in [0.25, 0.3) is 22.3 Å². The van der Waals surface area contributed by atoms with Crippen LogP contribution in [0.5, 0.6) is 0 Å². The summed E-state index contributed by atoms with van der Waals surface area (Å²) in [4.78, 5) is 12.2. The van der Waals surface area contributed by atoms with Crippen LogP contribution in [0.2, 0.25) is 0 Å². The average molecular weight is 372 g/mol. The molecule has 1 N–H and O–H groups in total. The number of imidazole rings is 1. The molecule has 5 nitrogen and oxygen atoms in total. The number of aliphatic hydroxyl groups is 1. The predicted molar refractivity (Wildman–Crippen MR) is 102 cm³/mol. The lowest BCUT2D eigenvalue weighted by Gasteiger charge is -2.11. The maximum Gasteiger partial charge on any atom is 0.167 e. The van der Waals surface area contributed by atoms with Crippen molar-refractivity contribution in [2.24, 2.45) is 0 Å². The molecule has 0 radical (unpaired) electrons. The van der Waals surface area contributed by atoms with Crippen LogP contribution in [0.1, 0.15) is 31.5 Å². The van der Waals surface area contributed by atoms with Crippen molar-refractivity contribution in [1.29, 1.82) is 0 Å². The minimum atomic E-state index is -0.573. The zero-order valence-electron chi connectivity index (χ0n) is 15.8. The molecule has 0 fully saturated rings. The van der Waals surface area contributed by atoms with E-state index in [9.17, 15) is 8.78 Å². The normalized spacial score (nSPS) is 10.6. The summed E-state index contributed by atoms with van der Waals surface area (Å²) in [5.41, 5.74) is 1.41. The molecule has 0 aliphatic heterocycles. The Morgan fingerprint density at radius 2 is 1.81 bits per heavy atom. The summed E-state index contributed by atoms with van der Waals surface area (Å²) >= 11 is 0. The maximum absolute atomic E-state index is 14.4.